The van der Waals surface area contributed by atoms with Gasteiger partial charge >= 0.3 is 5.97 Å². The van der Waals surface area contributed by atoms with E-state index in [-0.39, 0.29) is 5.82 Å². The summed E-state index contributed by atoms with van der Waals surface area (Å²) < 4.78 is 13.9. The summed E-state index contributed by atoms with van der Waals surface area (Å²) in [5, 5.41) is 9.60. The Morgan fingerprint density at radius 3 is 2.76 bits per heavy atom. The Kier molecular flexibility index (Phi) is 3.73. The van der Waals surface area contributed by atoms with E-state index in [4.69, 9.17) is 0 Å². The number of aliphatic carboxylic acids is 1. The number of benzene rings is 1. The summed E-state index contributed by atoms with van der Waals surface area (Å²) in [6.07, 6.45) is 4.69. The summed E-state index contributed by atoms with van der Waals surface area (Å²) in [6, 6.07) is 2.99. The highest BCUT2D eigenvalue weighted by molar-refractivity contribution is 9.10. The van der Waals surface area contributed by atoms with E-state index in [9.17, 15) is 14.3 Å². The van der Waals surface area contributed by atoms with Crippen LogP contribution in [0.4, 0.5) is 4.39 Å². The number of aromatic nitrogens is 2. The zero-order chi connectivity index (χ0) is 15.0. The molecule has 0 atom stereocenters. The Bertz CT molecular complexity index is 653. The van der Waals surface area contributed by atoms with Crippen LogP contribution in [0.1, 0.15) is 37.9 Å². The largest absolute Gasteiger partial charge is 0.481 e. The first-order valence-electron chi connectivity index (χ1n) is 7.07. The number of imidazole rings is 1. The summed E-state index contributed by atoms with van der Waals surface area (Å²) in [5.41, 5.74) is 0.513. The zero-order valence-electron chi connectivity index (χ0n) is 11.5. The van der Waals surface area contributed by atoms with Crippen LogP contribution in [0, 0.1) is 11.2 Å². The van der Waals surface area contributed by atoms with Gasteiger partial charge in [0.2, 0.25) is 0 Å². The standard InChI is InChI=1S/C15H16BrFN2O2/c16-9-6-11-12(7-10(9)17)19-13(18-11)8-15(14(20)21)4-2-1-3-5-15/h6-7H,1-5,8H2,(H,18,19)(H,20,21). The molecule has 3 rings (SSSR count). The maximum atomic E-state index is 13.5. The minimum absolute atomic E-state index is 0.358. The zero-order valence-corrected chi connectivity index (χ0v) is 13.0. The second-order valence-corrected chi connectivity index (χ2v) is 6.64. The molecule has 1 fully saturated rings. The Balaban J connectivity index is 1.94. The molecule has 112 valence electrons. The molecular formula is C15H16BrFN2O2. The van der Waals surface area contributed by atoms with Crippen molar-refractivity contribution in [3.8, 4) is 0 Å². The molecule has 0 aliphatic heterocycles. The third kappa shape index (κ3) is 2.69. The minimum atomic E-state index is -0.755. The highest BCUT2D eigenvalue weighted by Gasteiger charge is 2.40. The molecule has 4 nitrogen and oxygen atoms in total. The molecule has 2 aromatic rings. The fourth-order valence-corrected chi connectivity index (χ4v) is 3.49. The second-order valence-electron chi connectivity index (χ2n) is 5.79. The van der Waals surface area contributed by atoms with Crippen molar-refractivity contribution < 1.29 is 14.3 Å². The van der Waals surface area contributed by atoms with Crippen molar-refractivity contribution in [2.75, 3.05) is 0 Å². The molecule has 0 spiro atoms. The molecule has 0 unspecified atom stereocenters. The number of rotatable bonds is 3. The van der Waals surface area contributed by atoms with Gasteiger partial charge in [-0.3, -0.25) is 4.79 Å². The number of carboxylic acids is 1. The van der Waals surface area contributed by atoms with Gasteiger partial charge in [0, 0.05) is 12.5 Å². The lowest BCUT2D eigenvalue weighted by Crippen LogP contribution is -2.35. The number of carbonyl (C=O) groups is 1. The number of nitrogens with one attached hydrogen (secondary N) is 1. The molecule has 21 heavy (non-hydrogen) atoms. The fourth-order valence-electron chi connectivity index (χ4n) is 3.16. The van der Waals surface area contributed by atoms with Crippen LogP contribution in [0.5, 0.6) is 0 Å². The lowest BCUT2D eigenvalue weighted by Gasteiger charge is -2.32. The smallest absolute Gasteiger partial charge is 0.310 e. The van der Waals surface area contributed by atoms with Crippen LogP contribution >= 0.6 is 15.9 Å². The van der Waals surface area contributed by atoms with Gasteiger partial charge in [0.05, 0.1) is 20.9 Å². The van der Waals surface area contributed by atoms with E-state index in [2.05, 4.69) is 25.9 Å². The van der Waals surface area contributed by atoms with Gasteiger partial charge in [-0.15, -0.1) is 0 Å². The molecule has 1 saturated carbocycles. The SMILES string of the molecule is O=C(O)C1(Cc2nc3cc(Br)c(F)cc3[nH]2)CCCCC1. The van der Waals surface area contributed by atoms with Gasteiger partial charge in [-0.1, -0.05) is 19.3 Å². The maximum absolute atomic E-state index is 13.5. The third-order valence-electron chi connectivity index (χ3n) is 4.34. The number of H-pyrrole nitrogens is 1. The first-order chi connectivity index (χ1) is 10.00. The lowest BCUT2D eigenvalue weighted by molar-refractivity contribution is -0.151. The lowest BCUT2D eigenvalue weighted by atomic mass is 9.72. The first kappa shape index (κ1) is 14.5. The van der Waals surface area contributed by atoms with Gasteiger partial charge in [0.1, 0.15) is 11.6 Å². The average molecular weight is 355 g/mol. The predicted octanol–water partition coefficient (Wildman–Crippen LogP) is 4.04. The van der Waals surface area contributed by atoms with Gasteiger partial charge in [0.25, 0.3) is 0 Å². The Morgan fingerprint density at radius 2 is 2.10 bits per heavy atom. The van der Waals surface area contributed by atoms with E-state index in [0.29, 0.717) is 40.6 Å². The van der Waals surface area contributed by atoms with Crippen molar-refractivity contribution >= 4 is 32.9 Å². The number of carboxylic acid groups (broad SMARTS) is 1. The van der Waals surface area contributed by atoms with Gasteiger partial charge in [0.15, 0.2) is 0 Å². The molecule has 0 bridgehead atoms. The average Bonchev–Trinajstić information content (AvgIpc) is 2.81. The molecule has 1 aliphatic carbocycles. The van der Waals surface area contributed by atoms with Gasteiger partial charge in [-0.2, -0.15) is 0 Å². The predicted molar refractivity (Wildman–Crippen MR) is 80.6 cm³/mol. The highest BCUT2D eigenvalue weighted by atomic mass is 79.9. The number of fused-ring (bicyclic) bond motifs is 1. The third-order valence-corrected chi connectivity index (χ3v) is 4.95. The van der Waals surface area contributed by atoms with Crippen LogP contribution in [0.15, 0.2) is 16.6 Å². The van der Waals surface area contributed by atoms with Crippen LogP contribution in [0.2, 0.25) is 0 Å². The van der Waals surface area contributed by atoms with Crippen molar-refractivity contribution in [2.24, 2.45) is 5.41 Å². The fraction of sp³-hybridized carbons (Fsp3) is 0.467. The van der Waals surface area contributed by atoms with Crippen molar-refractivity contribution in [1.29, 1.82) is 0 Å². The number of aromatic amines is 1. The van der Waals surface area contributed by atoms with Gasteiger partial charge < -0.3 is 10.1 Å². The Hall–Kier alpha value is -1.43. The molecule has 1 aliphatic rings. The summed E-state index contributed by atoms with van der Waals surface area (Å²) in [6.45, 7) is 0. The topological polar surface area (TPSA) is 66.0 Å². The van der Waals surface area contributed by atoms with Crippen molar-refractivity contribution in [2.45, 2.75) is 38.5 Å². The van der Waals surface area contributed by atoms with Crippen LogP contribution < -0.4 is 0 Å². The van der Waals surface area contributed by atoms with Crippen LogP contribution in [-0.2, 0) is 11.2 Å². The normalized spacial score (nSPS) is 18.0. The number of hydrogen-bond donors (Lipinski definition) is 2. The van der Waals surface area contributed by atoms with Crippen molar-refractivity contribution in [3.05, 3.63) is 28.2 Å². The second kappa shape index (κ2) is 5.40. The van der Waals surface area contributed by atoms with Crippen LogP contribution in [0.25, 0.3) is 11.0 Å². The van der Waals surface area contributed by atoms with E-state index in [1.807, 2.05) is 0 Å². The monoisotopic (exact) mass is 354 g/mol. The van der Waals surface area contributed by atoms with E-state index in [1.165, 1.54) is 6.07 Å². The molecule has 6 heteroatoms. The quantitative estimate of drug-likeness (QED) is 0.873. The van der Waals surface area contributed by atoms with E-state index >= 15 is 0 Å². The number of hydrogen-bond acceptors (Lipinski definition) is 2. The van der Waals surface area contributed by atoms with Crippen LogP contribution in [0.3, 0.4) is 0 Å². The molecule has 2 N–H and O–H groups in total. The van der Waals surface area contributed by atoms with Gasteiger partial charge in [-0.25, -0.2) is 9.37 Å². The first-order valence-corrected chi connectivity index (χ1v) is 7.86. The van der Waals surface area contributed by atoms with E-state index in [1.54, 1.807) is 6.07 Å². The van der Waals surface area contributed by atoms with Gasteiger partial charge in [-0.05, 0) is 34.8 Å². The molecular weight excluding hydrogens is 339 g/mol. The molecule has 0 saturated heterocycles. The van der Waals surface area contributed by atoms with Crippen molar-refractivity contribution in [3.63, 3.8) is 0 Å². The molecule has 1 aromatic heterocycles. The van der Waals surface area contributed by atoms with E-state index < -0.39 is 11.4 Å². The summed E-state index contributed by atoms with van der Waals surface area (Å²) in [5.74, 6) is -0.495. The Labute approximate surface area is 129 Å². The number of halogens is 2. The molecule has 1 aromatic carbocycles. The van der Waals surface area contributed by atoms with Crippen LogP contribution in [-0.4, -0.2) is 21.0 Å². The Morgan fingerprint density at radius 1 is 1.38 bits per heavy atom. The molecule has 1 heterocycles. The summed E-state index contributed by atoms with van der Waals surface area (Å²) in [7, 11) is 0. The highest BCUT2D eigenvalue weighted by Crippen LogP contribution is 2.39. The molecule has 0 radical (unpaired) electrons. The van der Waals surface area contributed by atoms with Crippen molar-refractivity contribution in [1.82, 2.24) is 9.97 Å². The van der Waals surface area contributed by atoms with E-state index in [0.717, 1.165) is 19.3 Å². The molecule has 0 amide bonds. The number of nitrogens with zero attached hydrogens (tertiary/aromatic N) is 1. The summed E-state index contributed by atoms with van der Waals surface area (Å²) in [4.78, 5) is 19.2. The maximum Gasteiger partial charge on any atom is 0.310 e. The summed E-state index contributed by atoms with van der Waals surface area (Å²) >= 11 is 3.13. The minimum Gasteiger partial charge on any atom is -0.481 e.